The molecule has 5 heteroatoms. The van der Waals surface area contributed by atoms with Crippen LogP contribution in [0.15, 0.2) is 47.7 Å². The summed E-state index contributed by atoms with van der Waals surface area (Å²) in [4.78, 5) is 9.33. The van der Waals surface area contributed by atoms with E-state index in [1.54, 1.807) is 0 Å². The minimum absolute atomic E-state index is 0.0650. The summed E-state index contributed by atoms with van der Waals surface area (Å²) in [6.07, 6.45) is 11.0. The number of hydrogen-bond donors (Lipinski definition) is 1. The maximum absolute atomic E-state index is 6.12. The molecule has 3 aliphatic carbocycles. The standard InChI is InChI=1S/C24H27N3O2/c1-28-20-6-7-23(14-22(20)8-9-22)12-17-5-4-16(18-3-2-10-26-13-18)11-19(17)24(23)15-29-21(25)27-24/h2-5,10-11,13,20H,6-9,12,14-15H2,1H3,(H2,25,27)/t20-,23+,24?/m1/s1. The van der Waals surface area contributed by atoms with Crippen molar-refractivity contribution in [2.75, 3.05) is 13.7 Å². The Kier molecular flexibility index (Phi) is 3.50. The predicted molar refractivity (Wildman–Crippen MR) is 111 cm³/mol. The first-order chi connectivity index (χ1) is 14.1. The van der Waals surface area contributed by atoms with E-state index in [9.17, 15) is 0 Å². The van der Waals surface area contributed by atoms with E-state index in [1.165, 1.54) is 29.5 Å². The molecule has 5 nitrogen and oxygen atoms in total. The van der Waals surface area contributed by atoms with Gasteiger partial charge in [0.05, 0.1) is 6.10 Å². The number of nitrogens with two attached hydrogens (primary N) is 1. The van der Waals surface area contributed by atoms with Crippen LogP contribution in [-0.4, -0.2) is 30.8 Å². The van der Waals surface area contributed by atoms with Crippen molar-refractivity contribution in [1.82, 2.24) is 4.98 Å². The van der Waals surface area contributed by atoms with Crippen molar-refractivity contribution in [3.63, 3.8) is 0 Å². The van der Waals surface area contributed by atoms with Gasteiger partial charge in [0.15, 0.2) is 0 Å². The van der Waals surface area contributed by atoms with E-state index < -0.39 is 0 Å². The van der Waals surface area contributed by atoms with Gasteiger partial charge >= 0.3 is 0 Å². The van der Waals surface area contributed by atoms with Gasteiger partial charge in [0, 0.05) is 24.9 Å². The second kappa shape index (κ2) is 5.82. The molecule has 29 heavy (non-hydrogen) atoms. The van der Waals surface area contributed by atoms with Crippen LogP contribution in [0.25, 0.3) is 11.1 Å². The highest BCUT2D eigenvalue weighted by molar-refractivity contribution is 5.76. The molecule has 2 saturated carbocycles. The van der Waals surface area contributed by atoms with Gasteiger partial charge in [-0.25, -0.2) is 4.99 Å². The van der Waals surface area contributed by atoms with Gasteiger partial charge in [-0.3, -0.25) is 4.98 Å². The summed E-state index contributed by atoms with van der Waals surface area (Å²) < 4.78 is 11.7. The smallest absolute Gasteiger partial charge is 0.283 e. The lowest BCUT2D eigenvalue weighted by atomic mass is 9.58. The Balaban J connectivity index is 1.48. The molecule has 0 radical (unpaired) electrons. The number of rotatable bonds is 2. The maximum Gasteiger partial charge on any atom is 0.283 e. The first-order valence-electron chi connectivity index (χ1n) is 10.6. The number of pyridine rings is 1. The Labute approximate surface area is 171 Å². The summed E-state index contributed by atoms with van der Waals surface area (Å²) in [6.45, 7) is 0.552. The molecular formula is C24H27N3O2. The number of aromatic nitrogens is 1. The van der Waals surface area contributed by atoms with Crippen LogP contribution >= 0.6 is 0 Å². The van der Waals surface area contributed by atoms with E-state index in [4.69, 9.17) is 20.2 Å². The molecule has 3 atom stereocenters. The van der Waals surface area contributed by atoms with Gasteiger partial charge in [-0.1, -0.05) is 18.2 Å². The Morgan fingerprint density at radius 2 is 2.07 bits per heavy atom. The first-order valence-corrected chi connectivity index (χ1v) is 10.6. The van der Waals surface area contributed by atoms with Crippen molar-refractivity contribution < 1.29 is 9.47 Å². The van der Waals surface area contributed by atoms with E-state index >= 15 is 0 Å². The molecule has 2 N–H and O–H groups in total. The summed E-state index contributed by atoms with van der Waals surface area (Å²) in [5.41, 5.74) is 11.1. The molecule has 2 heterocycles. The Hall–Kier alpha value is -2.40. The van der Waals surface area contributed by atoms with Crippen molar-refractivity contribution >= 4 is 6.02 Å². The maximum atomic E-state index is 6.12. The molecule has 0 bridgehead atoms. The zero-order valence-electron chi connectivity index (χ0n) is 16.9. The number of ether oxygens (including phenoxy) is 2. The molecular weight excluding hydrogens is 362 g/mol. The summed E-state index contributed by atoms with van der Waals surface area (Å²) in [6, 6.07) is 11.3. The predicted octanol–water partition coefficient (Wildman–Crippen LogP) is 3.81. The third kappa shape index (κ3) is 2.31. The minimum atomic E-state index is -0.376. The third-order valence-electron chi connectivity index (χ3n) is 8.12. The van der Waals surface area contributed by atoms with Crippen molar-refractivity contribution in [3.8, 4) is 11.1 Å². The number of aliphatic imine (C=N–C) groups is 1. The number of nitrogens with zero attached hydrogens (tertiary/aromatic N) is 2. The average Bonchev–Trinajstić information content (AvgIpc) is 3.30. The Morgan fingerprint density at radius 3 is 2.76 bits per heavy atom. The van der Waals surface area contributed by atoms with Gasteiger partial charge in [0.2, 0.25) is 0 Å². The van der Waals surface area contributed by atoms with Gasteiger partial charge in [-0.15, -0.1) is 0 Å². The van der Waals surface area contributed by atoms with Gasteiger partial charge in [-0.05, 0) is 78.3 Å². The number of hydrogen-bond acceptors (Lipinski definition) is 5. The van der Waals surface area contributed by atoms with Crippen LogP contribution in [0.5, 0.6) is 0 Å². The molecule has 2 fully saturated rings. The van der Waals surface area contributed by atoms with Crippen LogP contribution in [0.2, 0.25) is 0 Å². The van der Waals surface area contributed by atoms with Crippen LogP contribution in [0.3, 0.4) is 0 Å². The van der Waals surface area contributed by atoms with E-state index in [-0.39, 0.29) is 11.0 Å². The molecule has 1 unspecified atom stereocenters. The fraction of sp³-hybridized carbons (Fsp3) is 0.500. The monoisotopic (exact) mass is 389 g/mol. The lowest BCUT2D eigenvalue weighted by molar-refractivity contribution is -0.0621. The number of fused-ring (bicyclic) bond motifs is 3. The quantitative estimate of drug-likeness (QED) is 0.848. The summed E-state index contributed by atoms with van der Waals surface area (Å²) in [7, 11) is 1.87. The second-order valence-electron chi connectivity index (χ2n) is 9.47. The van der Waals surface area contributed by atoms with E-state index in [0.29, 0.717) is 24.1 Å². The van der Waals surface area contributed by atoms with Crippen molar-refractivity contribution in [2.45, 2.75) is 50.2 Å². The van der Waals surface area contributed by atoms with Crippen molar-refractivity contribution in [3.05, 3.63) is 53.9 Å². The van der Waals surface area contributed by atoms with Crippen molar-refractivity contribution in [1.29, 1.82) is 0 Å². The lowest BCUT2D eigenvalue weighted by Crippen LogP contribution is -2.50. The Morgan fingerprint density at radius 1 is 1.17 bits per heavy atom. The number of methoxy groups -OCH3 is 1. The highest BCUT2D eigenvalue weighted by Crippen LogP contribution is 2.70. The van der Waals surface area contributed by atoms with Crippen LogP contribution < -0.4 is 5.73 Å². The summed E-state index contributed by atoms with van der Waals surface area (Å²) in [5, 5.41) is 0. The molecule has 1 aliphatic heterocycles. The largest absolute Gasteiger partial charge is 0.462 e. The lowest BCUT2D eigenvalue weighted by Gasteiger charge is -2.49. The molecule has 4 aliphatic rings. The fourth-order valence-electron chi connectivity index (χ4n) is 6.59. The molecule has 0 saturated heterocycles. The van der Waals surface area contributed by atoms with E-state index in [2.05, 4.69) is 29.2 Å². The van der Waals surface area contributed by atoms with Crippen LogP contribution in [0.1, 0.15) is 43.2 Å². The van der Waals surface area contributed by atoms with Crippen LogP contribution in [0, 0.1) is 10.8 Å². The van der Waals surface area contributed by atoms with Crippen LogP contribution in [0.4, 0.5) is 0 Å². The molecule has 2 aromatic rings. The summed E-state index contributed by atoms with van der Waals surface area (Å²) >= 11 is 0. The topological polar surface area (TPSA) is 69.7 Å². The van der Waals surface area contributed by atoms with Gasteiger partial charge in [-0.2, -0.15) is 0 Å². The molecule has 0 amide bonds. The van der Waals surface area contributed by atoms with Gasteiger partial charge in [0.1, 0.15) is 12.1 Å². The average molecular weight is 389 g/mol. The number of benzene rings is 1. The summed E-state index contributed by atoms with van der Waals surface area (Å²) in [5.74, 6) is 0. The highest BCUT2D eigenvalue weighted by Gasteiger charge is 2.67. The first kappa shape index (κ1) is 17.5. The third-order valence-corrected chi connectivity index (χ3v) is 8.12. The fourth-order valence-corrected chi connectivity index (χ4v) is 6.59. The molecule has 3 spiro atoms. The number of amidine groups is 1. The van der Waals surface area contributed by atoms with E-state index in [1.807, 2.05) is 25.6 Å². The zero-order chi connectivity index (χ0) is 19.7. The van der Waals surface area contributed by atoms with Crippen LogP contribution in [-0.2, 0) is 21.4 Å². The molecule has 1 aromatic heterocycles. The zero-order valence-corrected chi connectivity index (χ0v) is 16.9. The minimum Gasteiger partial charge on any atom is -0.462 e. The van der Waals surface area contributed by atoms with Gasteiger partial charge in [0.25, 0.3) is 6.02 Å². The second-order valence-corrected chi connectivity index (χ2v) is 9.47. The van der Waals surface area contributed by atoms with E-state index in [0.717, 1.165) is 31.2 Å². The molecule has 6 rings (SSSR count). The SMILES string of the molecule is CO[C@@H]1CC[C@]2(Cc3ccc(-c4cccnc4)cc3C23COC(N)=N3)CC12CC2. The highest BCUT2D eigenvalue weighted by atomic mass is 16.5. The van der Waals surface area contributed by atoms with Gasteiger partial charge < -0.3 is 15.2 Å². The normalized spacial score (nSPS) is 33.7. The Bertz CT molecular complexity index is 1000. The molecule has 1 aromatic carbocycles. The molecule has 150 valence electrons. The van der Waals surface area contributed by atoms with Crippen molar-refractivity contribution in [2.24, 2.45) is 21.6 Å².